The minimum absolute atomic E-state index is 0.241. The number of nitrogens with one attached hydrogen (secondary N) is 2. The first-order chi connectivity index (χ1) is 8.31. The van der Waals surface area contributed by atoms with Crippen molar-refractivity contribution in [3.8, 4) is 0 Å². The third kappa shape index (κ3) is 4.75. The molecule has 1 aromatic carbocycles. The molecule has 0 bridgehead atoms. The van der Waals surface area contributed by atoms with Crippen molar-refractivity contribution in [1.82, 2.24) is 5.32 Å². The van der Waals surface area contributed by atoms with Crippen molar-refractivity contribution < 1.29 is 9.53 Å². The van der Waals surface area contributed by atoms with Gasteiger partial charge in [0.15, 0.2) is 0 Å². The Labute approximate surface area is 109 Å². The van der Waals surface area contributed by atoms with Crippen molar-refractivity contribution in [2.75, 3.05) is 12.4 Å². The van der Waals surface area contributed by atoms with Crippen molar-refractivity contribution in [1.29, 1.82) is 0 Å². The molecule has 0 radical (unpaired) electrons. The van der Waals surface area contributed by atoms with Gasteiger partial charge in [0.25, 0.3) is 0 Å². The summed E-state index contributed by atoms with van der Waals surface area (Å²) >= 11 is 0. The predicted molar refractivity (Wildman–Crippen MR) is 73.8 cm³/mol. The lowest BCUT2D eigenvalue weighted by Crippen LogP contribution is -2.27. The van der Waals surface area contributed by atoms with Crippen LogP contribution in [0.5, 0.6) is 0 Å². The zero-order valence-electron chi connectivity index (χ0n) is 11.7. The van der Waals surface area contributed by atoms with E-state index in [2.05, 4.69) is 17.6 Å². The van der Waals surface area contributed by atoms with E-state index in [0.29, 0.717) is 0 Å². The van der Waals surface area contributed by atoms with Gasteiger partial charge >= 0.3 is 6.09 Å². The third-order valence-corrected chi connectivity index (χ3v) is 2.46. The first-order valence-corrected chi connectivity index (χ1v) is 6.09. The van der Waals surface area contributed by atoms with Crippen LogP contribution in [0.1, 0.15) is 39.3 Å². The molecule has 0 aliphatic rings. The fourth-order valence-electron chi connectivity index (χ4n) is 1.47. The van der Waals surface area contributed by atoms with E-state index in [1.165, 1.54) is 0 Å². The van der Waals surface area contributed by atoms with E-state index in [1.807, 2.05) is 52.1 Å². The van der Waals surface area contributed by atoms with Crippen LogP contribution in [0.3, 0.4) is 0 Å². The van der Waals surface area contributed by atoms with Crippen LogP contribution in [0.15, 0.2) is 24.3 Å². The highest BCUT2D eigenvalue weighted by molar-refractivity contribution is 5.84. The second kappa shape index (κ2) is 5.87. The Morgan fingerprint density at radius 1 is 1.33 bits per heavy atom. The minimum Gasteiger partial charge on any atom is -0.444 e. The Morgan fingerprint density at radius 3 is 2.56 bits per heavy atom. The lowest BCUT2D eigenvalue weighted by Gasteiger charge is -2.20. The van der Waals surface area contributed by atoms with Crippen LogP contribution in [-0.4, -0.2) is 18.7 Å². The third-order valence-electron chi connectivity index (χ3n) is 2.46. The second-order valence-corrected chi connectivity index (χ2v) is 5.26. The molecular formula is C14H22N2O2. The van der Waals surface area contributed by atoms with E-state index in [9.17, 15) is 4.79 Å². The van der Waals surface area contributed by atoms with E-state index < -0.39 is 11.7 Å². The van der Waals surface area contributed by atoms with E-state index in [-0.39, 0.29) is 6.04 Å². The number of hydrogen-bond donors (Lipinski definition) is 2. The van der Waals surface area contributed by atoms with Gasteiger partial charge in [0, 0.05) is 11.7 Å². The first kappa shape index (κ1) is 14.5. The fourth-order valence-corrected chi connectivity index (χ4v) is 1.47. The van der Waals surface area contributed by atoms with Crippen LogP contribution in [0.4, 0.5) is 10.5 Å². The summed E-state index contributed by atoms with van der Waals surface area (Å²) in [6.07, 6.45) is -0.434. The standard InChI is InChI=1S/C14H22N2O2/c1-10(15-5)11-7-6-8-12(9-11)16-13(17)18-14(2,3)4/h6-10,15H,1-5H3,(H,16,17)/t10-/m0/s1. The summed E-state index contributed by atoms with van der Waals surface area (Å²) in [7, 11) is 1.90. The van der Waals surface area contributed by atoms with Gasteiger partial charge in [-0.05, 0) is 52.4 Å². The molecule has 2 N–H and O–H groups in total. The molecule has 4 heteroatoms. The maximum Gasteiger partial charge on any atom is 0.412 e. The second-order valence-electron chi connectivity index (χ2n) is 5.26. The van der Waals surface area contributed by atoms with Gasteiger partial charge in [0.1, 0.15) is 5.60 Å². The van der Waals surface area contributed by atoms with E-state index in [1.54, 1.807) is 0 Å². The van der Waals surface area contributed by atoms with E-state index >= 15 is 0 Å². The Morgan fingerprint density at radius 2 is 2.00 bits per heavy atom. The number of amides is 1. The first-order valence-electron chi connectivity index (χ1n) is 6.09. The molecule has 0 fully saturated rings. The molecular weight excluding hydrogens is 228 g/mol. The smallest absolute Gasteiger partial charge is 0.412 e. The highest BCUT2D eigenvalue weighted by Gasteiger charge is 2.16. The summed E-state index contributed by atoms with van der Waals surface area (Å²) in [6.45, 7) is 7.58. The number of carbonyl (C=O) groups is 1. The van der Waals surface area contributed by atoms with Crippen molar-refractivity contribution in [3.05, 3.63) is 29.8 Å². The molecule has 0 aliphatic heterocycles. The Balaban J connectivity index is 2.71. The summed E-state index contributed by atoms with van der Waals surface area (Å²) in [4.78, 5) is 11.6. The number of ether oxygens (including phenoxy) is 1. The summed E-state index contributed by atoms with van der Waals surface area (Å²) in [6, 6.07) is 7.95. The van der Waals surface area contributed by atoms with Crippen LogP contribution in [0.2, 0.25) is 0 Å². The summed E-state index contributed by atoms with van der Waals surface area (Å²) in [5.41, 5.74) is 1.37. The summed E-state index contributed by atoms with van der Waals surface area (Å²) < 4.78 is 5.20. The number of anilines is 1. The van der Waals surface area contributed by atoms with Crippen molar-refractivity contribution in [3.63, 3.8) is 0 Å². The fraction of sp³-hybridized carbons (Fsp3) is 0.500. The number of hydrogen-bond acceptors (Lipinski definition) is 3. The molecule has 1 aromatic rings. The van der Waals surface area contributed by atoms with Crippen LogP contribution in [0.25, 0.3) is 0 Å². The zero-order valence-corrected chi connectivity index (χ0v) is 11.7. The maximum absolute atomic E-state index is 11.6. The molecule has 0 aliphatic carbocycles. The predicted octanol–water partition coefficient (Wildman–Crippen LogP) is 3.31. The van der Waals surface area contributed by atoms with Crippen LogP contribution in [0, 0.1) is 0 Å². The molecule has 0 unspecified atom stereocenters. The molecule has 0 saturated carbocycles. The van der Waals surface area contributed by atoms with Gasteiger partial charge < -0.3 is 10.1 Å². The van der Waals surface area contributed by atoms with Crippen LogP contribution < -0.4 is 10.6 Å². The SMILES string of the molecule is CN[C@@H](C)c1cccc(NC(=O)OC(C)(C)C)c1. The average molecular weight is 250 g/mol. The quantitative estimate of drug-likeness (QED) is 0.865. The Kier molecular flexibility index (Phi) is 4.73. The normalized spacial score (nSPS) is 12.9. The maximum atomic E-state index is 11.6. The molecule has 100 valence electrons. The van der Waals surface area contributed by atoms with E-state index in [4.69, 9.17) is 4.74 Å². The van der Waals surface area contributed by atoms with Crippen LogP contribution in [-0.2, 0) is 4.74 Å². The lowest BCUT2D eigenvalue weighted by molar-refractivity contribution is 0.0636. The Hall–Kier alpha value is -1.55. The molecule has 0 heterocycles. The highest BCUT2D eigenvalue weighted by Crippen LogP contribution is 2.18. The molecule has 0 spiro atoms. The number of benzene rings is 1. The highest BCUT2D eigenvalue weighted by atomic mass is 16.6. The minimum atomic E-state index is -0.486. The van der Waals surface area contributed by atoms with Crippen LogP contribution >= 0.6 is 0 Å². The monoisotopic (exact) mass is 250 g/mol. The molecule has 18 heavy (non-hydrogen) atoms. The zero-order chi connectivity index (χ0) is 13.8. The number of rotatable bonds is 3. The molecule has 1 atom stereocenters. The van der Waals surface area contributed by atoms with Gasteiger partial charge in [-0.1, -0.05) is 12.1 Å². The van der Waals surface area contributed by atoms with Gasteiger partial charge in [-0.3, -0.25) is 5.32 Å². The van der Waals surface area contributed by atoms with Gasteiger partial charge in [-0.2, -0.15) is 0 Å². The van der Waals surface area contributed by atoms with Crippen molar-refractivity contribution in [2.24, 2.45) is 0 Å². The molecule has 1 amide bonds. The average Bonchev–Trinajstić information content (AvgIpc) is 2.25. The molecule has 4 nitrogen and oxygen atoms in total. The van der Waals surface area contributed by atoms with Crippen molar-refractivity contribution in [2.45, 2.75) is 39.3 Å². The van der Waals surface area contributed by atoms with Gasteiger partial charge in [-0.15, -0.1) is 0 Å². The van der Waals surface area contributed by atoms with Crippen molar-refractivity contribution >= 4 is 11.8 Å². The topological polar surface area (TPSA) is 50.4 Å². The summed E-state index contributed by atoms with van der Waals surface area (Å²) in [5.74, 6) is 0. The van der Waals surface area contributed by atoms with Gasteiger partial charge in [-0.25, -0.2) is 4.79 Å². The molecule has 0 saturated heterocycles. The Bertz CT molecular complexity index is 411. The molecule has 1 rings (SSSR count). The van der Waals surface area contributed by atoms with Gasteiger partial charge in [0.05, 0.1) is 0 Å². The number of carbonyl (C=O) groups excluding carboxylic acids is 1. The largest absolute Gasteiger partial charge is 0.444 e. The van der Waals surface area contributed by atoms with E-state index in [0.717, 1.165) is 11.3 Å². The summed E-state index contributed by atoms with van der Waals surface area (Å²) in [5, 5.41) is 5.88. The molecule has 0 aromatic heterocycles. The van der Waals surface area contributed by atoms with Gasteiger partial charge in [0.2, 0.25) is 0 Å². The lowest BCUT2D eigenvalue weighted by atomic mass is 10.1.